The fraction of sp³-hybridized carbons (Fsp3) is 0.448. The number of nitrogens with one attached hydrogen (secondary N) is 2. The van der Waals surface area contributed by atoms with E-state index >= 15 is 0 Å². The molecule has 206 valence electrons. The summed E-state index contributed by atoms with van der Waals surface area (Å²) in [5.41, 5.74) is 1.29. The lowest BCUT2D eigenvalue weighted by atomic mass is 9.93. The summed E-state index contributed by atoms with van der Waals surface area (Å²) in [6.07, 6.45) is -3.02. The first-order valence-electron chi connectivity index (χ1n) is 12.9. The Hall–Kier alpha value is -3.33. The van der Waals surface area contributed by atoms with Crippen LogP contribution in [0.5, 0.6) is 0 Å². The molecule has 1 aliphatic heterocycles. The third kappa shape index (κ3) is 6.95. The van der Waals surface area contributed by atoms with Crippen LogP contribution >= 0.6 is 0 Å². The van der Waals surface area contributed by atoms with E-state index in [0.29, 0.717) is 17.8 Å². The van der Waals surface area contributed by atoms with Crippen LogP contribution in [0.2, 0.25) is 0 Å². The van der Waals surface area contributed by atoms with Crippen molar-refractivity contribution < 1.29 is 22.8 Å². The van der Waals surface area contributed by atoms with E-state index in [2.05, 4.69) is 41.2 Å². The van der Waals surface area contributed by atoms with Crippen molar-refractivity contribution in [3.05, 3.63) is 76.9 Å². The number of rotatable bonds is 9. The highest BCUT2D eigenvalue weighted by atomic mass is 19.4. The summed E-state index contributed by atoms with van der Waals surface area (Å²) in [4.78, 5) is 29.1. The zero-order valence-corrected chi connectivity index (χ0v) is 22.5. The van der Waals surface area contributed by atoms with Gasteiger partial charge in [-0.2, -0.15) is 13.2 Å². The molecule has 1 saturated heterocycles. The molecule has 2 aromatic carbocycles. The van der Waals surface area contributed by atoms with E-state index in [0.717, 1.165) is 38.1 Å². The molecule has 0 radical (unpaired) electrons. The summed E-state index contributed by atoms with van der Waals surface area (Å²) in [5, 5.41) is 4.95. The zero-order chi connectivity index (χ0) is 28.0. The Morgan fingerprint density at radius 1 is 1.18 bits per heavy atom. The molecule has 38 heavy (non-hydrogen) atoms. The molecule has 2 atom stereocenters. The van der Waals surface area contributed by atoms with E-state index in [-0.39, 0.29) is 29.8 Å². The SMILES string of the molecule is C=C(CNC(=O)c1cc(C(F)(F)F)cc(N(CC)C2CCN(Cc3ccccc3)C(C)C2)c1C)C(=O)NC. The number of anilines is 1. The number of piperidine rings is 1. The number of likely N-dealkylation sites (tertiary alicyclic amines) is 1. The van der Waals surface area contributed by atoms with Crippen molar-refractivity contribution in [2.24, 2.45) is 0 Å². The molecule has 3 rings (SSSR count). The van der Waals surface area contributed by atoms with Gasteiger partial charge in [0.15, 0.2) is 0 Å². The van der Waals surface area contributed by atoms with Crippen LogP contribution in [0.15, 0.2) is 54.6 Å². The van der Waals surface area contributed by atoms with E-state index in [9.17, 15) is 22.8 Å². The molecular formula is C29H37F3N4O2. The molecule has 1 fully saturated rings. The minimum Gasteiger partial charge on any atom is -0.368 e. The fourth-order valence-corrected chi connectivity index (χ4v) is 5.09. The predicted molar refractivity (Wildman–Crippen MR) is 144 cm³/mol. The highest BCUT2D eigenvalue weighted by Gasteiger charge is 2.35. The third-order valence-electron chi connectivity index (χ3n) is 7.27. The number of carbonyl (C=O) groups is 2. The van der Waals surface area contributed by atoms with Crippen LogP contribution in [0, 0.1) is 6.92 Å². The molecule has 1 heterocycles. The second kappa shape index (κ2) is 12.5. The van der Waals surface area contributed by atoms with Crippen LogP contribution in [0.3, 0.4) is 0 Å². The molecule has 0 saturated carbocycles. The van der Waals surface area contributed by atoms with Gasteiger partial charge in [-0.15, -0.1) is 0 Å². The highest BCUT2D eigenvalue weighted by Crippen LogP contribution is 2.37. The number of carbonyl (C=O) groups excluding carboxylic acids is 2. The Kier molecular flexibility index (Phi) is 9.60. The largest absolute Gasteiger partial charge is 0.416 e. The maximum absolute atomic E-state index is 13.9. The van der Waals surface area contributed by atoms with E-state index in [1.807, 2.05) is 30.0 Å². The molecule has 6 nitrogen and oxygen atoms in total. The van der Waals surface area contributed by atoms with Gasteiger partial charge in [0, 0.05) is 62.1 Å². The molecule has 0 aromatic heterocycles. The number of nitrogens with zero attached hydrogens (tertiary/aromatic N) is 2. The molecule has 0 aliphatic carbocycles. The number of halogens is 3. The Morgan fingerprint density at radius 3 is 2.45 bits per heavy atom. The van der Waals surface area contributed by atoms with Gasteiger partial charge in [-0.1, -0.05) is 36.9 Å². The maximum Gasteiger partial charge on any atom is 0.416 e. The maximum atomic E-state index is 13.9. The molecule has 2 N–H and O–H groups in total. The Morgan fingerprint density at radius 2 is 1.87 bits per heavy atom. The van der Waals surface area contributed by atoms with Crippen LogP contribution in [0.4, 0.5) is 18.9 Å². The van der Waals surface area contributed by atoms with E-state index < -0.39 is 23.6 Å². The third-order valence-corrected chi connectivity index (χ3v) is 7.27. The van der Waals surface area contributed by atoms with Gasteiger partial charge in [-0.05, 0) is 56.9 Å². The molecule has 2 unspecified atom stereocenters. The summed E-state index contributed by atoms with van der Waals surface area (Å²) in [7, 11) is 1.44. The van der Waals surface area contributed by atoms with Crippen molar-refractivity contribution in [2.45, 2.75) is 58.4 Å². The van der Waals surface area contributed by atoms with Crippen LogP contribution in [0.1, 0.15) is 53.7 Å². The van der Waals surface area contributed by atoms with Gasteiger partial charge in [0.25, 0.3) is 5.91 Å². The topological polar surface area (TPSA) is 64.7 Å². The van der Waals surface area contributed by atoms with Crippen LogP contribution < -0.4 is 15.5 Å². The van der Waals surface area contributed by atoms with Gasteiger partial charge in [0.1, 0.15) is 0 Å². The second-order valence-corrected chi connectivity index (χ2v) is 9.80. The monoisotopic (exact) mass is 530 g/mol. The van der Waals surface area contributed by atoms with Gasteiger partial charge in [0.05, 0.1) is 5.56 Å². The number of amides is 2. The number of hydrogen-bond acceptors (Lipinski definition) is 4. The van der Waals surface area contributed by atoms with Crippen molar-refractivity contribution in [1.82, 2.24) is 15.5 Å². The summed E-state index contributed by atoms with van der Waals surface area (Å²) in [6.45, 7) is 11.4. The van der Waals surface area contributed by atoms with Gasteiger partial charge < -0.3 is 15.5 Å². The Balaban J connectivity index is 1.86. The quantitative estimate of drug-likeness (QED) is 0.452. The molecule has 9 heteroatoms. The first kappa shape index (κ1) is 29.2. The van der Waals surface area contributed by atoms with Crippen LogP contribution in [-0.2, 0) is 17.5 Å². The lowest BCUT2D eigenvalue weighted by molar-refractivity contribution is -0.137. The Bertz CT molecular complexity index is 1150. The van der Waals surface area contributed by atoms with Crippen LogP contribution in [-0.4, -0.2) is 55.5 Å². The van der Waals surface area contributed by atoms with Crippen molar-refractivity contribution in [3.8, 4) is 0 Å². The normalized spacial score (nSPS) is 18.1. The summed E-state index contributed by atoms with van der Waals surface area (Å²) in [5.74, 6) is -1.13. The summed E-state index contributed by atoms with van der Waals surface area (Å²) in [6, 6.07) is 12.5. The van der Waals surface area contributed by atoms with E-state index in [1.54, 1.807) is 6.92 Å². The van der Waals surface area contributed by atoms with E-state index in [1.165, 1.54) is 12.6 Å². The van der Waals surface area contributed by atoms with Gasteiger partial charge in [-0.25, -0.2) is 0 Å². The molecule has 0 bridgehead atoms. The second-order valence-electron chi connectivity index (χ2n) is 9.80. The van der Waals surface area contributed by atoms with Gasteiger partial charge in [-0.3, -0.25) is 14.5 Å². The minimum absolute atomic E-state index is 0.0353. The first-order valence-corrected chi connectivity index (χ1v) is 12.9. The standard InChI is InChI=1S/C29H37F3N4O2/c1-6-36(24-12-13-35(20(3)14-24)18-22-10-8-7-9-11-22)26-16-23(29(30,31)32)15-25(21(26)4)28(38)34-17-19(2)27(37)33-5/h7-11,15-16,20,24H,2,6,12-14,17-18H2,1,3-5H3,(H,33,37)(H,34,38). The molecular weight excluding hydrogens is 493 g/mol. The number of benzene rings is 2. The van der Waals surface area contributed by atoms with Crippen molar-refractivity contribution >= 4 is 17.5 Å². The number of alkyl halides is 3. The number of hydrogen-bond donors (Lipinski definition) is 2. The molecule has 2 aromatic rings. The highest BCUT2D eigenvalue weighted by molar-refractivity contribution is 5.99. The van der Waals surface area contributed by atoms with Crippen molar-refractivity contribution in [1.29, 1.82) is 0 Å². The zero-order valence-electron chi connectivity index (χ0n) is 22.5. The summed E-state index contributed by atoms with van der Waals surface area (Å²) < 4.78 is 41.7. The van der Waals surface area contributed by atoms with Crippen molar-refractivity contribution in [2.75, 3.05) is 31.6 Å². The lowest BCUT2D eigenvalue weighted by Crippen LogP contribution is -2.49. The smallest absolute Gasteiger partial charge is 0.368 e. The van der Waals surface area contributed by atoms with Gasteiger partial charge >= 0.3 is 6.18 Å². The predicted octanol–water partition coefficient (Wildman–Crippen LogP) is 4.93. The fourth-order valence-electron chi connectivity index (χ4n) is 5.09. The van der Waals surface area contributed by atoms with Crippen LogP contribution in [0.25, 0.3) is 0 Å². The molecule has 2 amide bonds. The average molecular weight is 531 g/mol. The summed E-state index contributed by atoms with van der Waals surface area (Å²) >= 11 is 0. The lowest BCUT2D eigenvalue weighted by Gasteiger charge is -2.43. The van der Waals surface area contributed by atoms with Crippen molar-refractivity contribution in [3.63, 3.8) is 0 Å². The minimum atomic E-state index is -4.62. The molecule has 0 spiro atoms. The average Bonchev–Trinajstić information content (AvgIpc) is 2.89. The first-order chi connectivity index (χ1) is 18.0. The molecule has 1 aliphatic rings. The van der Waals surface area contributed by atoms with Gasteiger partial charge in [0.2, 0.25) is 5.91 Å². The number of likely N-dealkylation sites (N-methyl/N-ethyl adjacent to an activating group) is 1. The Labute approximate surface area is 222 Å². The van der Waals surface area contributed by atoms with E-state index in [4.69, 9.17) is 0 Å².